The first-order valence-electron chi connectivity index (χ1n) is 9.41. The van der Waals surface area contributed by atoms with E-state index in [0.717, 1.165) is 5.56 Å². The summed E-state index contributed by atoms with van der Waals surface area (Å²) in [6.07, 6.45) is -0.0798. The van der Waals surface area contributed by atoms with Gasteiger partial charge in [0.05, 0.1) is 22.6 Å². The van der Waals surface area contributed by atoms with Crippen molar-refractivity contribution in [1.29, 1.82) is 0 Å². The summed E-state index contributed by atoms with van der Waals surface area (Å²) in [6, 6.07) is 14.8. The predicted octanol–water partition coefficient (Wildman–Crippen LogP) is 2.37. The second-order valence-corrected chi connectivity index (χ2v) is 6.99. The van der Waals surface area contributed by atoms with Gasteiger partial charge >= 0.3 is 5.97 Å². The van der Waals surface area contributed by atoms with Crippen molar-refractivity contribution in [1.82, 2.24) is 5.32 Å². The number of non-ortho nitro benzene ring substituents is 1. The van der Waals surface area contributed by atoms with Crippen LogP contribution in [0.25, 0.3) is 0 Å². The summed E-state index contributed by atoms with van der Waals surface area (Å²) in [7, 11) is 0. The Morgan fingerprint density at radius 1 is 1.23 bits per heavy atom. The van der Waals surface area contributed by atoms with Crippen LogP contribution in [0.5, 0.6) is 0 Å². The van der Waals surface area contributed by atoms with Gasteiger partial charge in [-0.15, -0.1) is 0 Å². The number of carbonyl (C=O) groups excluding carboxylic acids is 3. The minimum Gasteiger partial charge on any atom is -0.455 e. The maximum absolute atomic E-state index is 12.3. The fourth-order valence-electron chi connectivity index (χ4n) is 3.25. The first-order valence-corrected chi connectivity index (χ1v) is 9.41. The van der Waals surface area contributed by atoms with Crippen LogP contribution in [0.3, 0.4) is 0 Å². The molecule has 2 atom stereocenters. The van der Waals surface area contributed by atoms with Crippen molar-refractivity contribution in [2.75, 3.05) is 18.1 Å². The first kappa shape index (κ1) is 21.0. The molecule has 1 aliphatic heterocycles. The van der Waals surface area contributed by atoms with Crippen LogP contribution < -0.4 is 10.2 Å². The average molecular weight is 411 g/mol. The highest BCUT2D eigenvalue weighted by atomic mass is 16.6. The molecule has 2 aromatic rings. The van der Waals surface area contributed by atoms with Gasteiger partial charge in [-0.3, -0.25) is 24.5 Å². The van der Waals surface area contributed by atoms with Crippen LogP contribution in [0.15, 0.2) is 54.6 Å². The highest BCUT2D eigenvalue weighted by Gasteiger charge is 2.36. The molecule has 0 saturated carbocycles. The van der Waals surface area contributed by atoms with Gasteiger partial charge in [-0.25, -0.2) is 0 Å². The number of amides is 2. The van der Waals surface area contributed by atoms with Gasteiger partial charge in [0.15, 0.2) is 6.61 Å². The number of nitrogens with one attached hydrogen (secondary N) is 1. The predicted molar refractivity (Wildman–Crippen MR) is 108 cm³/mol. The fourth-order valence-corrected chi connectivity index (χ4v) is 3.25. The Morgan fingerprint density at radius 3 is 2.67 bits per heavy atom. The van der Waals surface area contributed by atoms with E-state index >= 15 is 0 Å². The Morgan fingerprint density at radius 2 is 1.97 bits per heavy atom. The third kappa shape index (κ3) is 4.99. The second-order valence-electron chi connectivity index (χ2n) is 6.99. The Hall–Kier alpha value is -3.75. The molecule has 0 spiro atoms. The third-order valence-electron chi connectivity index (χ3n) is 4.83. The van der Waals surface area contributed by atoms with E-state index in [0.29, 0.717) is 5.69 Å². The number of hydrogen-bond acceptors (Lipinski definition) is 6. The van der Waals surface area contributed by atoms with Crippen LogP contribution in [0.1, 0.15) is 24.9 Å². The van der Waals surface area contributed by atoms with E-state index in [9.17, 15) is 24.5 Å². The molecule has 9 nitrogen and oxygen atoms in total. The maximum atomic E-state index is 12.3. The van der Waals surface area contributed by atoms with E-state index in [1.54, 1.807) is 6.07 Å². The number of nitro groups is 1. The monoisotopic (exact) mass is 411 g/mol. The largest absolute Gasteiger partial charge is 0.455 e. The Labute approximate surface area is 172 Å². The summed E-state index contributed by atoms with van der Waals surface area (Å²) in [4.78, 5) is 48.4. The molecule has 1 fully saturated rings. The minimum absolute atomic E-state index is 0.0425. The molecule has 0 aromatic heterocycles. The molecule has 0 radical (unpaired) electrons. The standard InChI is InChI=1S/C21H21N3O6/c1-14(15-6-3-2-4-7-15)22-19(25)13-30-21(27)16-10-20(26)23(12-16)17-8-5-9-18(11-17)24(28)29/h2-9,11,14,16H,10,12-13H2,1H3,(H,22,25)/t14-,16+/m0/s1. The van der Waals surface area contributed by atoms with Gasteiger partial charge in [0.25, 0.3) is 11.6 Å². The quantitative estimate of drug-likeness (QED) is 0.424. The lowest BCUT2D eigenvalue weighted by Crippen LogP contribution is -2.32. The highest BCUT2D eigenvalue weighted by molar-refractivity contribution is 5.99. The van der Waals surface area contributed by atoms with Crippen molar-refractivity contribution < 1.29 is 24.0 Å². The minimum atomic E-state index is -0.740. The van der Waals surface area contributed by atoms with E-state index in [4.69, 9.17) is 4.74 Å². The van der Waals surface area contributed by atoms with Crippen molar-refractivity contribution >= 4 is 29.2 Å². The lowest BCUT2D eigenvalue weighted by molar-refractivity contribution is -0.384. The summed E-state index contributed by atoms with van der Waals surface area (Å²) in [6.45, 7) is 1.42. The van der Waals surface area contributed by atoms with Gasteiger partial charge in [0.1, 0.15) is 0 Å². The van der Waals surface area contributed by atoms with Crippen LogP contribution in [0, 0.1) is 16.0 Å². The van der Waals surface area contributed by atoms with E-state index in [1.165, 1.54) is 23.1 Å². The third-order valence-corrected chi connectivity index (χ3v) is 4.83. The van der Waals surface area contributed by atoms with Crippen molar-refractivity contribution in [3.8, 4) is 0 Å². The number of nitrogens with zero attached hydrogens (tertiary/aromatic N) is 2. The van der Waals surface area contributed by atoms with Crippen LogP contribution in [0.4, 0.5) is 11.4 Å². The Bertz CT molecular complexity index is 962. The zero-order valence-electron chi connectivity index (χ0n) is 16.3. The van der Waals surface area contributed by atoms with Gasteiger partial charge in [0, 0.05) is 25.1 Å². The normalized spacial score (nSPS) is 16.8. The highest BCUT2D eigenvalue weighted by Crippen LogP contribution is 2.28. The zero-order chi connectivity index (χ0) is 21.7. The van der Waals surface area contributed by atoms with E-state index < -0.39 is 29.3 Å². The molecular weight excluding hydrogens is 390 g/mol. The van der Waals surface area contributed by atoms with Crippen LogP contribution in [-0.4, -0.2) is 35.9 Å². The van der Waals surface area contributed by atoms with E-state index in [-0.39, 0.29) is 30.6 Å². The number of esters is 1. The zero-order valence-corrected chi connectivity index (χ0v) is 16.3. The molecule has 9 heteroatoms. The number of carbonyl (C=O) groups is 3. The second kappa shape index (κ2) is 9.17. The van der Waals surface area contributed by atoms with Gasteiger partial charge < -0.3 is 15.0 Å². The summed E-state index contributed by atoms with van der Waals surface area (Å²) in [5.74, 6) is -2.17. The molecule has 1 aliphatic rings. The molecule has 1 heterocycles. The van der Waals surface area contributed by atoms with Crippen molar-refractivity contribution in [3.05, 3.63) is 70.3 Å². The van der Waals surface area contributed by atoms with Crippen molar-refractivity contribution in [2.24, 2.45) is 5.92 Å². The van der Waals surface area contributed by atoms with Crippen LogP contribution in [-0.2, 0) is 19.1 Å². The van der Waals surface area contributed by atoms with E-state index in [2.05, 4.69) is 5.32 Å². The van der Waals surface area contributed by atoms with Gasteiger partial charge in [-0.2, -0.15) is 0 Å². The SMILES string of the molecule is C[C@H](NC(=O)COC(=O)[C@@H]1CC(=O)N(c2cccc([N+](=O)[O-])c2)C1)c1ccccc1. The van der Waals surface area contributed by atoms with Gasteiger partial charge in [-0.1, -0.05) is 36.4 Å². The van der Waals surface area contributed by atoms with Crippen LogP contribution >= 0.6 is 0 Å². The topological polar surface area (TPSA) is 119 Å². The smallest absolute Gasteiger partial charge is 0.311 e. The van der Waals surface area contributed by atoms with Gasteiger partial charge in [0.2, 0.25) is 5.91 Å². The Kier molecular flexibility index (Phi) is 6.41. The van der Waals surface area contributed by atoms with Gasteiger partial charge in [-0.05, 0) is 18.6 Å². The summed E-state index contributed by atoms with van der Waals surface area (Å²) >= 11 is 0. The average Bonchev–Trinajstić information content (AvgIpc) is 3.14. The maximum Gasteiger partial charge on any atom is 0.311 e. The molecule has 2 aromatic carbocycles. The molecule has 2 amide bonds. The number of hydrogen-bond donors (Lipinski definition) is 1. The van der Waals surface area contributed by atoms with Crippen LogP contribution in [0.2, 0.25) is 0 Å². The van der Waals surface area contributed by atoms with Crippen molar-refractivity contribution in [2.45, 2.75) is 19.4 Å². The number of ether oxygens (including phenoxy) is 1. The first-order chi connectivity index (χ1) is 14.3. The lowest BCUT2D eigenvalue weighted by atomic mass is 10.1. The summed E-state index contributed by atoms with van der Waals surface area (Å²) in [5, 5.41) is 13.7. The molecule has 0 unspecified atom stereocenters. The summed E-state index contributed by atoms with van der Waals surface area (Å²) < 4.78 is 5.08. The molecular formula is C21H21N3O6. The number of nitro benzene ring substituents is 1. The van der Waals surface area contributed by atoms with Crippen molar-refractivity contribution in [3.63, 3.8) is 0 Å². The fraction of sp³-hybridized carbons (Fsp3) is 0.286. The summed E-state index contributed by atoms with van der Waals surface area (Å²) in [5.41, 5.74) is 1.13. The number of benzene rings is 2. The molecule has 1 N–H and O–H groups in total. The molecule has 0 bridgehead atoms. The lowest BCUT2D eigenvalue weighted by Gasteiger charge is -2.17. The Balaban J connectivity index is 1.53. The molecule has 156 valence electrons. The molecule has 1 saturated heterocycles. The number of anilines is 1. The molecule has 30 heavy (non-hydrogen) atoms. The molecule has 3 rings (SSSR count). The molecule has 0 aliphatic carbocycles. The number of rotatable bonds is 7. The van der Waals surface area contributed by atoms with E-state index in [1.807, 2.05) is 37.3 Å².